The third-order valence-corrected chi connectivity index (χ3v) is 5.93. The lowest BCUT2D eigenvalue weighted by atomic mass is 9.98. The number of hydrogen-bond donors (Lipinski definition) is 0. The summed E-state index contributed by atoms with van der Waals surface area (Å²) in [6, 6.07) is 6.33. The van der Waals surface area contributed by atoms with Crippen LogP contribution in [0.15, 0.2) is 39.7 Å². The number of likely N-dealkylation sites (tertiary alicyclic amines) is 1. The highest BCUT2D eigenvalue weighted by molar-refractivity contribution is 5.73. The molecule has 0 aliphatic carbocycles. The molecule has 1 fully saturated rings. The van der Waals surface area contributed by atoms with Gasteiger partial charge in [0, 0.05) is 46.3 Å². The molecule has 0 unspecified atom stereocenters. The van der Waals surface area contributed by atoms with Crippen molar-refractivity contribution in [1.82, 2.24) is 14.7 Å². The van der Waals surface area contributed by atoms with Gasteiger partial charge in [0.1, 0.15) is 17.8 Å². The fourth-order valence-corrected chi connectivity index (χ4v) is 4.17. The Morgan fingerprint density at radius 1 is 1.19 bits per heavy atom. The van der Waals surface area contributed by atoms with Crippen molar-refractivity contribution in [2.75, 3.05) is 33.8 Å². The number of urea groups is 1. The SMILES string of the molecule is CN(C)C(=O)N1CCC(COc2coc(CN3Cc4ccc(F)cc4C3)cc2=O)CC1. The van der Waals surface area contributed by atoms with Gasteiger partial charge < -0.3 is 19.0 Å². The molecule has 1 aromatic carbocycles. The van der Waals surface area contributed by atoms with E-state index in [1.54, 1.807) is 31.1 Å². The van der Waals surface area contributed by atoms with Crippen LogP contribution >= 0.6 is 0 Å². The van der Waals surface area contributed by atoms with Crippen molar-refractivity contribution in [3.8, 4) is 5.75 Å². The fourth-order valence-electron chi connectivity index (χ4n) is 4.17. The maximum absolute atomic E-state index is 13.4. The number of nitrogens with zero attached hydrogens (tertiary/aromatic N) is 3. The summed E-state index contributed by atoms with van der Waals surface area (Å²) in [4.78, 5) is 30.0. The molecule has 2 amide bonds. The highest BCUT2D eigenvalue weighted by atomic mass is 19.1. The molecular weight excluding hydrogens is 401 g/mol. The van der Waals surface area contributed by atoms with Crippen LogP contribution in [0.25, 0.3) is 0 Å². The average molecular weight is 429 g/mol. The third-order valence-electron chi connectivity index (χ3n) is 5.93. The van der Waals surface area contributed by atoms with Crippen LogP contribution in [0.2, 0.25) is 0 Å². The number of benzene rings is 1. The van der Waals surface area contributed by atoms with Crippen LogP contribution in [0.3, 0.4) is 0 Å². The Bertz CT molecular complexity index is 999. The Morgan fingerprint density at radius 3 is 2.65 bits per heavy atom. The molecule has 0 N–H and O–H groups in total. The van der Waals surface area contributed by atoms with Gasteiger partial charge in [0.25, 0.3) is 0 Å². The lowest BCUT2D eigenvalue weighted by molar-refractivity contribution is 0.128. The zero-order valence-corrected chi connectivity index (χ0v) is 18.0. The smallest absolute Gasteiger partial charge is 0.319 e. The second kappa shape index (κ2) is 9.09. The van der Waals surface area contributed by atoms with E-state index in [0.29, 0.717) is 51.0 Å². The van der Waals surface area contributed by atoms with Crippen molar-refractivity contribution in [3.63, 3.8) is 0 Å². The summed E-state index contributed by atoms with van der Waals surface area (Å²) >= 11 is 0. The van der Waals surface area contributed by atoms with Gasteiger partial charge in [-0.3, -0.25) is 9.69 Å². The molecule has 0 radical (unpaired) electrons. The topological polar surface area (TPSA) is 66.2 Å². The van der Waals surface area contributed by atoms with E-state index in [0.717, 1.165) is 24.0 Å². The van der Waals surface area contributed by atoms with Crippen LogP contribution < -0.4 is 10.2 Å². The standard InChI is InChI=1S/C23H28FN3O4/c1-25(2)23(29)27-7-5-16(6-8-27)14-31-22-15-30-20(10-21(22)28)13-26-11-17-3-4-19(24)9-18(17)12-26/h3-4,9-10,15-16H,5-8,11-14H2,1-2H3. The summed E-state index contributed by atoms with van der Waals surface area (Å²) < 4.78 is 24.8. The van der Waals surface area contributed by atoms with Gasteiger partial charge in [0.15, 0.2) is 0 Å². The van der Waals surface area contributed by atoms with Gasteiger partial charge in [-0.2, -0.15) is 0 Å². The maximum atomic E-state index is 13.4. The molecular formula is C23H28FN3O4. The summed E-state index contributed by atoms with van der Waals surface area (Å²) in [6.07, 6.45) is 3.07. The van der Waals surface area contributed by atoms with Crippen molar-refractivity contribution in [1.29, 1.82) is 0 Å². The van der Waals surface area contributed by atoms with Crippen molar-refractivity contribution in [2.24, 2.45) is 5.92 Å². The summed E-state index contributed by atoms with van der Waals surface area (Å²) in [7, 11) is 3.51. The predicted molar refractivity (Wildman–Crippen MR) is 113 cm³/mol. The Balaban J connectivity index is 1.27. The second-order valence-electron chi connectivity index (χ2n) is 8.55. The molecule has 0 atom stereocenters. The van der Waals surface area contributed by atoms with E-state index in [1.165, 1.54) is 18.4 Å². The number of fused-ring (bicyclic) bond motifs is 1. The number of amides is 2. The summed E-state index contributed by atoms with van der Waals surface area (Å²) in [5.74, 6) is 0.834. The Labute approximate surface area is 181 Å². The fraction of sp³-hybridized carbons (Fsp3) is 0.478. The Morgan fingerprint density at radius 2 is 1.94 bits per heavy atom. The van der Waals surface area contributed by atoms with Crippen LogP contribution in [0.1, 0.15) is 29.7 Å². The Hall–Kier alpha value is -2.87. The molecule has 2 aliphatic heterocycles. The minimum Gasteiger partial charge on any atom is -0.486 e. The highest BCUT2D eigenvalue weighted by Gasteiger charge is 2.25. The zero-order chi connectivity index (χ0) is 22.0. The minimum absolute atomic E-state index is 0.0295. The van der Waals surface area contributed by atoms with Crippen molar-refractivity contribution < 1.29 is 18.3 Å². The highest BCUT2D eigenvalue weighted by Crippen LogP contribution is 2.25. The van der Waals surface area contributed by atoms with E-state index < -0.39 is 0 Å². The van der Waals surface area contributed by atoms with Gasteiger partial charge in [0.2, 0.25) is 11.2 Å². The summed E-state index contributed by atoms with van der Waals surface area (Å²) in [6.45, 7) is 3.63. The molecule has 4 rings (SSSR count). The molecule has 2 aromatic rings. The first-order valence-electron chi connectivity index (χ1n) is 10.6. The van der Waals surface area contributed by atoms with Crippen LogP contribution in [-0.2, 0) is 19.6 Å². The van der Waals surface area contributed by atoms with Gasteiger partial charge >= 0.3 is 6.03 Å². The molecule has 7 nitrogen and oxygen atoms in total. The molecule has 3 heterocycles. The average Bonchev–Trinajstić information content (AvgIpc) is 3.14. The number of carbonyl (C=O) groups is 1. The third kappa shape index (κ3) is 5.07. The quantitative estimate of drug-likeness (QED) is 0.731. The minimum atomic E-state index is -0.233. The van der Waals surface area contributed by atoms with Crippen LogP contribution in [-0.4, -0.2) is 54.5 Å². The number of piperidine rings is 1. The summed E-state index contributed by atoms with van der Waals surface area (Å²) in [5, 5.41) is 0. The normalized spacial score (nSPS) is 16.9. The van der Waals surface area contributed by atoms with E-state index in [4.69, 9.17) is 9.15 Å². The molecule has 2 aliphatic rings. The zero-order valence-electron chi connectivity index (χ0n) is 18.0. The van der Waals surface area contributed by atoms with E-state index in [9.17, 15) is 14.0 Å². The van der Waals surface area contributed by atoms with E-state index in [1.807, 2.05) is 4.90 Å². The van der Waals surface area contributed by atoms with Crippen LogP contribution in [0, 0.1) is 11.7 Å². The first-order valence-corrected chi connectivity index (χ1v) is 10.6. The van der Waals surface area contributed by atoms with E-state index in [2.05, 4.69) is 4.90 Å². The molecule has 8 heteroatoms. The number of ether oxygens (including phenoxy) is 1. The second-order valence-corrected chi connectivity index (χ2v) is 8.55. The van der Waals surface area contributed by atoms with Crippen molar-refractivity contribution in [3.05, 3.63) is 63.5 Å². The molecule has 0 bridgehead atoms. The molecule has 0 saturated carbocycles. The first kappa shape index (κ1) is 21.4. The number of carbonyl (C=O) groups excluding carboxylic acids is 1. The largest absolute Gasteiger partial charge is 0.486 e. The lowest BCUT2D eigenvalue weighted by Crippen LogP contribution is -2.44. The summed E-state index contributed by atoms with van der Waals surface area (Å²) in [5.41, 5.74) is 1.87. The first-order chi connectivity index (χ1) is 14.9. The van der Waals surface area contributed by atoms with Crippen molar-refractivity contribution in [2.45, 2.75) is 32.5 Å². The van der Waals surface area contributed by atoms with Gasteiger partial charge in [-0.05, 0) is 42.0 Å². The van der Waals surface area contributed by atoms with Gasteiger partial charge in [-0.15, -0.1) is 0 Å². The van der Waals surface area contributed by atoms with Gasteiger partial charge in [-0.1, -0.05) is 6.07 Å². The molecule has 1 saturated heterocycles. The van der Waals surface area contributed by atoms with Gasteiger partial charge in [0.05, 0.1) is 13.2 Å². The number of hydrogen-bond acceptors (Lipinski definition) is 5. The Kier molecular flexibility index (Phi) is 6.27. The van der Waals surface area contributed by atoms with E-state index in [-0.39, 0.29) is 23.0 Å². The van der Waals surface area contributed by atoms with Crippen LogP contribution in [0.4, 0.5) is 9.18 Å². The molecule has 0 spiro atoms. The van der Waals surface area contributed by atoms with Crippen LogP contribution in [0.5, 0.6) is 5.75 Å². The predicted octanol–water partition coefficient (Wildman–Crippen LogP) is 3.07. The number of rotatable bonds is 5. The van der Waals surface area contributed by atoms with E-state index >= 15 is 0 Å². The molecule has 31 heavy (non-hydrogen) atoms. The van der Waals surface area contributed by atoms with Crippen molar-refractivity contribution >= 4 is 6.03 Å². The van der Waals surface area contributed by atoms with Gasteiger partial charge in [-0.25, -0.2) is 9.18 Å². The monoisotopic (exact) mass is 429 g/mol. The lowest BCUT2D eigenvalue weighted by Gasteiger charge is -2.33. The maximum Gasteiger partial charge on any atom is 0.319 e. The molecule has 166 valence electrons. The molecule has 1 aromatic heterocycles. The number of halogens is 1.